The van der Waals surface area contributed by atoms with Crippen LogP contribution in [-0.4, -0.2) is 21.2 Å². The molecule has 142 valence electrons. The minimum atomic E-state index is -0.189. The Kier molecular flexibility index (Phi) is 5.61. The van der Waals surface area contributed by atoms with Gasteiger partial charge >= 0.3 is 0 Å². The molecule has 0 aliphatic carbocycles. The van der Waals surface area contributed by atoms with Crippen molar-refractivity contribution in [3.05, 3.63) is 80.1 Å². The lowest BCUT2D eigenvalue weighted by Gasteiger charge is -2.18. The van der Waals surface area contributed by atoms with E-state index in [-0.39, 0.29) is 23.3 Å². The molecule has 0 fully saturated rings. The van der Waals surface area contributed by atoms with Crippen LogP contribution in [0.25, 0.3) is 10.2 Å². The van der Waals surface area contributed by atoms with Crippen molar-refractivity contribution in [3.63, 3.8) is 0 Å². The van der Waals surface area contributed by atoms with Gasteiger partial charge in [-0.15, -0.1) is 22.7 Å². The van der Waals surface area contributed by atoms with Crippen LogP contribution in [0.2, 0.25) is 0 Å². The van der Waals surface area contributed by atoms with E-state index in [0.717, 1.165) is 10.4 Å². The molecule has 4 aromatic rings. The molecular weight excluding hydrogens is 410 g/mol. The number of amides is 1. The van der Waals surface area contributed by atoms with E-state index < -0.39 is 0 Å². The minimum Gasteiger partial charge on any atom is -0.344 e. The van der Waals surface area contributed by atoms with E-state index in [0.29, 0.717) is 15.4 Å². The highest BCUT2D eigenvalue weighted by molar-refractivity contribution is 7.99. The van der Waals surface area contributed by atoms with E-state index in [4.69, 9.17) is 0 Å². The van der Waals surface area contributed by atoms with Crippen LogP contribution < -0.4 is 10.9 Å². The maximum Gasteiger partial charge on any atom is 0.262 e. The predicted molar refractivity (Wildman–Crippen MR) is 116 cm³/mol. The number of fused-ring (bicyclic) bond motifs is 1. The zero-order valence-corrected chi connectivity index (χ0v) is 17.4. The highest BCUT2D eigenvalue weighted by Gasteiger charge is 2.18. The van der Waals surface area contributed by atoms with Crippen molar-refractivity contribution in [3.8, 4) is 0 Å². The molecule has 5 nitrogen and oxygen atoms in total. The van der Waals surface area contributed by atoms with Gasteiger partial charge in [0.15, 0.2) is 5.16 Å². The number of nitrogens with zero attached hydrogens (tertiary/aromatic N) is 2. The molecule has 0 bridgehead atoms. The lowest BCUT2D eigenvalue weighted by Crippen LogP contribution is -2.30. The molecule has 0 saturated carbocycles. The van der Waals surface area contributed by atoms with Crippen LogP contribution in [0.15, 0.2) is 69.2 Å². The van der Waals surface area contributed by atoms with Crippen LogP contribution in [0.5, 0.6) is 0 Å². The summed E-state index contributed by atoms with van der Waals surface area (Å²) in [6, 6.07) is 15.5. The third-order valence-electron chi connectivity index (χ3n) is 4.26. The number of aromatic nitrogens is 2. The van der Waals surface area contributed by atoms with E-state index in [1.165, 1.54) is 27.7 Å². The molecule has 0 aliphatic rings. The Morgan fingerprint density at radius 1 is 1.14 bits per heavy atom. The minimum absolute atomic E-state index is 0.0881. The molecule has 0 spiro atoms. The van der Waals surface area contributed by atoms with E-state index in [1.807, 2.05) is 53.2 Å². The number of carbonyl (C=O) groups is 1. The molecule has 1 aromatic carbocycles. The molecule has 0 radical (unpaired) electrons. The predicted octanol–water partition coefficient (Wildman–Crippen LogP) is 4.05. The van der Waals surface area contributed by atoms with E-state index in [9.17, 15) is 9.59 Å². The topological polar surface area (TPSA) is 64.0 Å². The second-order valence-corrected chi connectivity index (χ2v) is 8.93. The van der Waals surface area contributed by atoms with Gasteiger partial charge in [-0.3, -0.25) is 14.2 Å². The molecule has 3 aromatic heterocycles. The standard InChI is InChI=1S/C20H17N3O2S3/c1-23-19(25)14-9-11-27-18(14)22-20(23)28-12-16(24)21-17(15-8-5-10-26-15)13-6-3-2-4-7-13/h2-11,17H,12H2,1H3,(H,21,24). The SMILES string of the molecule is Cn1c(SCC(=O)NC(c2ccccc2)c2cccs2)nc2sccc2c1=O. The molecule has 0 saturated heterocycles. The molecule has 8 heteroatoms. The fourth-order valence-electron chi connectivity index (χ4n) is 2.86. The largest absolute Gasteiger partial charge is 0.344 e. The van der Waals surface area contributed by atoms with Crippen molar-refractivity contribution in [1.29, 1.82) is 0 Å². The first kappa shape index (κ1) is 18.9. The van der Waals surface area contributed by atoms with Crippen molar-refractivity contribution < 1.29 is 4.79 Å². The highest BCUT2D eigenvalue weighted by atomic mass is 32.2. The summed E-state index contributed by atoms with van der Waals surface area (Å²) in [7, 11) is 1.69. The number of nitrogens with one attached hydrogen (secondary N) is 1. The zero-order valence-electron chi connectivity index (χ0n) is 15.0. The quantitative estimate of drug-likeness (QED) is 0.372. The van der Waals surface area contributed by atoms with E-state index in [2.05, 4.69) is 10.3 Å². The first-order chi connectivity index (χ1) is 13.6. The molecule has 3 heterocycles. The van der Waals surface area contributed by atoms with Gasteiger partial charge in [0.25, 0.3) is 5.56 Å². The van der Waals surface area contributed by atoms with Gasteiger partial charge in [0.05, 0.1) is 17.2 Å². The van der Waals surface area contributed by atoms with Crippen LogP contribution in [0, 0.1) is 0 Å². The molecule has 4 rings (SSSR count). The molecule has 1 unspecified atom stereocenters. The summed E-state index contributed by atoms with van der Waals surface area (Å²) in [4.78, 5) is 31.4. The highest BCUT2D eigenvalue weighted by Crippen LogP contribution is 2.26. The third-order valence-corrected chi connectivity index (χ3v) is 7.04. The Bertz CT molecular complexity index is 1150. The van der Waals surface area contributed by atoms with Gasteiger partial charge in [-0.2, -0.15) is 0 Å². The van der Waals surface area contributed by atoms with Crippen LogP contribution >= 0.6 is 34.4 Å². The summed E-state index contributed by atoms with van der Waals surface area (Å²) in [6.07, 6.45) is 0. The third kappa shape index (κ3) is 3.89. The Labute approximate surface area is 174 Å². The van der Waals surface area contributed by atoms with Gasteiger partial charge in [-0.25, -0.2) is 4.98 Å². The van der Waals surface area contributed by atoms with Gasteiger partial charge in [0, 0.05) is 11.9 Å². The average Bonchev–Trinajstić information content (AvgIpc) is 3.40. The number of hydrogen-bond donors (Lipinski definition) is 1. The fourth-order valence-corrected chi connectivity index (χ4v) is 5.25. The zero-order chi connectivity index (χ0) is 19.5. The Morgan fingerprint density at radius 2 is 1.96 bits per heavy atom. The van der Waals surface area contributed by atoms with Crippen molar-refractivity contribution >= 4 is 50.6 Å². The van der Waals surface area contributed by atoms with Gasteiger partial charge in [-0.05, 0) is 28.5 Å². The van der Waals surface area contributed by atoms with E-state index in [1.54, 1.807) is 24.5 Å². The smallest absolute Gasteiger partial charge is 0.262 e. The van der Waals surface area contributed by atoms with Gasteiger partial charge < -0.3 is 5.32 Å². The Morgan fingerprint density at radius 3 is 2.71 bits per heavy atom. The molecule has 0 aliphatic heterocycles. The van der Waals surface area contributed by atoms with Crippen molar-refractivity contribution in [1.82, 2.24) is 14.9 Å². The van der Waals surface area contributed by atoms with E-state index >= 15 is 0 Å². The molecule has 1 amide bonds. The second-order valence-electron chi connectivity index (χ2n) is 6.11. The van der Waals surface area contributed by atoms with Gasteiger partial charge in [0.2, 0.25) is 5.91 Å². The van der Waals surface area contributed by atoms with Crippen molar-refractivity contribution in [2.24, 2.45) is 7.05 Å². The second kappa shape index (κ2) is 8.30. The van der Waals surface area contributed by atoms with Crippen LogP contribution in [0.1, 0.15) is 16.5 Å². The summed E-state index contributed by atoms with van der Waals surface area (Å²) in [6.45, 7) is 0. The first-order valence-corrected chi connectivity index (χ1v) is 11.3. The number of carbonyl (C=O) groups excluding carboxylic acids is 1. The van der Waals surface area contributed by atoms with Crippen LogP contribution in [0.3, 0.4) is 0 Å². The van der Waals surface area contributed by atoms with Gasteiger partial charge in [0.1, 0.15) is 4.83 Å². The normalized spacial score (nSPS) is 12.2. The average molecular weight is 428 g/mol. The number of benzene rings is 1. The lowest BCUT2D eigenvalue weighted by atomic mass is 10.1. The van der Waals surface area contributed by atoms with Crippen molar-refractivity contribution in [2.75, 3.05) is 5.75 Å². The summed E-state index contributed by atoms with van der Waals surface area (Å²) in [5.74, 6) is 0.0825. The number of thioether (sulfide) groups is 1. The summed E-state index contributed by atoms with van der Waals surface area (Å²) in [5, 5.41) is 8.12. The number of rotatable bonds is 6. The molecule has 1 N–H and O–H groups in total. The monoisotopic (exact) mass is 427 g/mol. The maximum absolute atomic E-state index is 12.7. The molecule has 28 heavy (non-hydrogen) atoms. The Hall–Kier alpha value is -2.42. The fraction of sp³-hybridized carbons (Fsp3) is 0.150. The molecular formula is C20H17N3O2S3. The number of hydrogen-bond acceptors (Lipinski definition) is 6. The van der Waals surface area contributed by atoms with Crippen LogP contribution in [0.4, 0.5) is 0 Å². The lowest BCUT2D eigenvalue weighted by molar-refractivity contribution is -0.119. The summed E-state index contributed by atoms with van der Waals surface area (Å²) < 4.78 is 1.50. The van der Waals surface area contributed by atoms with Crippen molar-refractivity contribution in [2.45, 2.75) is 11.2 Å². The Balaban J connectivity index is 1.50. The number of thiophene rings is 2. The first-order valence-electron chi connectivity index (χ1n) is 8.58. The molecule has 1 atom stereocenters. The summed E-state index contributed by atoms with van der Waals surface area (Å²) in [5.41, 5.74) is 0.948. The van der Waals surface area contributed by atoms with Gasteiger partial charge in [-0.1, -0.05) is 48.2 Å². The summed E-state index contributed by atoms with van der Waals surface area (Å²) >= 11 is 4.31. The van der Waals surface area contributed by atoms with Crippen LogP contribution in [-0.2, 0) is 11.8 Å². The maximum atomic E-state index is 12.7.